The summed E-state index contributed by atoms with van der Waals surface area (Å²) in [6.45, 7) is 3.07. The SMILES string of the molecule is CCC(=O)c1ccc(N2CCC[C@@H]2CO)cc1. The Hall–Kier alpha value is -1.35. The second-order valence-electron chi connectivity index (χ2n) is 4.50. The maximum absolute atomic E-state index is 11.5. The van der Waals surface area contributed by atoms with E-state index in [-0.39, 0.29) is 18.4 Å². The van der Waals surface area contributed by atoms with Crippen LogP contribution in [0.3, 0.4) is 0 Å². The van der Waals surface area contributed by atoms with Crippen molar-refractivity contribution in [1.82, 2.24) is 0 Å². The number of benzene rings is 1. The summed E-state index contributed by atoms with van der Waals surface area (Å²) in [6, 6.07) is 7.97. The molecule has 1 aromatic carbocycles. The number of carbonyl (C=O) groups excluding carboxylic acids is 1. The van der Waals surface area contributed by atoms with Gasteiger partial charge >= 0.3 is 0 Å². The summed E-state index contributed by atoms with van der Waals surface area (Å²) < 4.78 is 0. The van der Waals surface area contributed by atoms with Crippen LogP contribution in [0.1, 0.15) is 36.5 Å². The van der Waals surface area contributed by atoms with Gasteiger partial charge in [-0.2, -0.15) is 0 Å². The first kappa shape index (κ1) is 12.1. The van der Waals surface area contributed by atoms with Crippen molar-refractivity contribution in [1.29, 1.82) is 0 Å². The van der Waals surface area contributed by atoms with Crippen LogP contribution in [0.5, 0.6) is 0 Å². The molecule has 1 aliphatic heterocycles. The summed E-state index contributed by atoms with van der Waals surface area (Å²) in [4.78, 5) is 13.7. The first-order valence-corrected chi connectivity index (χ1v) is 6.27. The fourth-order valence-electron chi connectivity index (χ4n) is 2.41. The number of anilines is 1. The van der Waals surface area contributed by atoms with Crippen molar-refractivity contribution in [2.24, 2.45) is 0 Å². The maximum Gasteiger partial charge on any atom is 0.162 e. The number of nitrogens with zero attached hydrogens (tertiary/aromatic N) is 1. The monoisotopic (exact) mass is 233 g/mol. The Kier molecular flexibility index (Phi) is 3.79. The number of Topliss-reactive ketones (excluding diaryl/α,β-unsaturated/α-hetero) is 1. The second kappa shape index (κ2) is 5.32. The first-order valence-electron chi connectivity index (χ1n) is 6.27. The van der Waals surface area contributed by atoms with Gasteiger partial charge in [-0.25, -0.2) is 0 Å². The number of aliphatic hydroxyl groups excluding tert-OH is 1. The van der Waals surface area contributed by atoms with Crippen molar-refractivity contribution < 1.29 is 9.90 Å². The lowest BCUT2D eigenvalue weighted by Gasteiger charge is -2.25. The summed E-state index contributed by atoms with van der Waals surface area (Å²) in [5.74, 6) is 0.177. The molecular weight excluding hydrogens is 214 g/mol. The highest BCUT2D eigenvalue weighted by Crippen LogP contribution is 2.25. The van der Waals surface area contributed by atoms with Gasteiger partial charge in [0.15, 0.2) is 5.78 Å². The fraction of sp³-hybridized carbons (Fsp3) is 0.500. The molecule has 92 valence electrons. The molecule has 0 spiro atoms. The molecule has 2 rings (SSSR count). The van der Waals surface area contributed by atoms with Crippen LogP contribution < -0.4 is 4.90 Å². The van der Waals surface area contributed by atoms with E-state index < -0.39 is 0 Å². The van der Waals surface area contributed by atoms with E-state index >= 15 is 0 Å². The highest BCUT2D eigenvalue weighted by molar-refractivity contribution is 5.96. The highest BCUT2D eigenvalue weighted by atomic mass is 16.3. The lowest BCUT2D eigenvalue weighted by Crippen LogP contribution is -2.31. The quantitative estimate of drug-likeness (QED) is 0.811. The van der Waals surface area contributed by atoms with E-state index in [1.165, 1.54) is 0 Å². The molecule has 1 fully saturated rings. The molecule has 3 nitrogen and oxygen atoms in total. The third-order valence-electron chi connectivity index (χ3n) is 3.43. The predicted molar refractivity (Wildman–Crippen MR) is 68.5 cm³/mol. The van der Waals surface area contributed by atoms with Gasteiger partial charge in [0.05, 0.1) is 12.6 Å². The molecule has 17 heavy (non-hydrogen) atoms. The van der Waals surface area contributed by atoms with Crippen molar-refractivity contribution >= 4 is 11.5 Å². The third-order valence-corrected chi connectivity index (χ3v) is 3.43. The van der Waals surface area contributed by atoms with Crippen LogP contribution in [0.25, 0.3) is 0 Å². The van der Waals surface area contributed by atoms with E-state index in [1.807, 2.05) is 31.2 Å². The Bertz CT molecular complexity index is 386. The smallest absolute Gasteiger partial charge is 0.162 e. The number of rotatable bonds is 4. The fourth-order valence-corrected chi connectivity index (χ4v) is 2.41. The van der Waals surface area contributed by atoms with E-state index in [1.54, 1.807) is 0 Å². The van der Waals surface area contributed by atoms with Crippen molar-refractivity contribution in [3.63, 3.8) is 0 Å². The van der Waals surface area contributed by atoms with Crippen LogP contribution in [-0.4, -0.2) is 30.1 Å². The Balaban J connectivity index is 2.15. The van der Waals surface area contributed by atoms with E-state index in [2.05, 4.69) is 4.90 Å². The van der Waals surface area contributed by atoms with Crippen molar-refractivity contribution in [3.8, 4) is 0 Å². The minimum Gasteiger partial charge on any atom is -0.394 e. The van der Waals surface area contributed by atoms with Crippen LogP contribution >= 0.6 is 0 Å². The Morgan fingerprint density at radius 3 is 2.71 bits per heavy atom. The lowest BCUT2D eigenvalue weighted by molar-refractivity contribution is 0.0988. The zero-order valence-corrected chi connectivity index (χ0v) is 10.2. The summed E-state index contributed by atoms with van der Waals surface area (Å²) >= 11 is 0. The zero-order chi connectivity index (χ0) is 12.3. The Morgan fingerprint density at radius 2 is 2.12 bits per heavy atom. The van der Waals surface area contributed by atoms with Gasteiger partial charge in [0.1, 0.15) is 0 Å². The molecule has 0 saturated carbocycles. The molecular formula is C14H19NO2. The van der Waals surface area contributed by atoms with Gasteiger partial charge in [-0.1, -0.05) is 6.92 Å². The number of carbonyl (C=O) groups is 1. The molecule has 1 aliphatic rings. The van der Waals surface area contributed by atoms with Crippen LogP contribution in [0.4, 0.5) is 5.69 Å². The normalized spacial score (nSPS) is 19.6. The predicted octanol–water partition coefficient (Wildman–Crippen LogP) is 2.24. The summed E-state index contributed by atoms with van der Waals surface area (Å²) in [6.07, 6.45) is 2.72. The summed E-state index contributed by atoms with van der Waals surface area (Å²) in [5, 5.41) is 9.28. The average molecular weight is 233 g/mol. The molecule has 0 radical (unpaired) electrons. The van der Waals surface area contributed by atoms with Crippen LogP contribution in [-0.2, 0) is 0 Å². The van der Waals surface area contributed by atoms with Gasteiger partial charge in [0, 0.05) is 24.2 Å². The molecule has 0 aliphatic carbocycles. The van der Waals surface area contributed by atoms with Crippen molar-refractivity contribution in [3.05, 3.63) is 29.8 Å². The molecule has 3 heteroatoms. The van der Waals surface area contributed by atoms with E-state index in [4.69, 9.17) is 0 Å². The van der Waals surface area contributed by atoms with Gasteiger partial charge in [-0.3, -0.25) is 4.79 Å². The Labute approximate surface area is 102 Å². The van der Waals surface area contributed by atoms with Gasteiger partial charge in [0.2, 0.25) is 0 Å². The maximum atomic E-state index is 11.5. The molecule has 1 atom stereocenters. The standard InChI is InChI=1S/C14H19NO2/c1-2-14(17)11-5-7-12(8-6-11)15-9-3-4-13(15)10-16/h5-8,13,16H,2-4,9-10H2,1H3/t13-/m1/s1. The average Bonchev–Trinajstić information content (AvgIpc) is 2.86. The van der Waals surface area contributed by atoms with E-state index in [9.17, 15) is 9.90 Å². The number of hydrogen-bond acceptors (Lipinski definition) is 3. The minimum absolute atomic E-state index is 0.177. The van der Waals surface area contributed by atoms with Gasteiger partial charge in [-0.05, 0) is 37.1 Å². The lowest BCUT2D eigenvalue weighted by atomic mass is 10.1. The van der Waals surface area contributed by atoms with Crippen LogP contribution in [0.2, 0.25) is 0 Å². The molecule has 0 aromatic heterocycles. The molecule has 1 N–H and O–H groups in total. The summed E-state index contributed by atoms with van der Waals surface area (Å²) in [5.41, 5.74) is 1.88. The Morgan fingerprint density at radius 1 is 1.41 bits per heavy atom. The van der Waals surface area contributed by atoms with Crippen molar-refractivity contribution in [2.75, 3.05) is 18.1 Å². The number of hydrogen-bond donors (Lipinski definition) is 1. The molecule has 0 unspecified atom stereocenters. The van der Waals surface area contributed by atoms with Gasteiger partial charge < -0.3 is 10.0 Å². The number of ketones is 1. The largest absolute Gasteiger partial charge is 0.394 e. The van der Waals surface area contributed by atoms with Crippen LogP contribution in [0.15, 0.2) is 24.3 Å². The first-order chi connectivity index (χ1) is 8.26. The second-order valence-corrected chi connectivity index (χ2v) is 4.50. The minimum atomic E-state index is 0.177. The van der Waals surface area contributed by atoms with Crippen LogP contribution in [0, 0.1) is 0 Å². The van der Waals surface area contributed by atoms with E-state index in [0.29, 0.717) is 6.42 Å². The molecule has 0 bridgehead atoms. The number of aliphatic hydroxyl groups is 1. The molecule has 1 aromatic rings. The molecule has 1 saturated heterocycles. The zero-order valence-electron chi connectivity index (χ0n) is 10.2. The highest BCUT2D eigenvalue weighted by Gasteiger charge is 2.23. The molecule has 0 amide bonds. The third kappa shape index (κ3) is 2.50. The van der Waals surface area contributed by atoms with Gasteiger partial charge in [0.25, 0.3) is 0 Å². The van der Waals surface area contributed by atoms with Crippen molar-refractivity contribution in [2.45, 2.75) is 32.2 Å². The summed E-state index contributed by atoms with van der Waals surface area (Å²) in [7, 11) is 0. The molecule has 1 heterocycles. The van der Waals surface area contributed by atoms with Gasteiger partial charge in [-0.15, -0.1) is 0 Å². The van der Waals surface area contributed by atoms with E-state index in [0.717, 1.165) is 30.6 Å². The topological polar surface area (TPSA) is 40.5 Å².